The van der Waals surface area contributed by atoms with Gasteiger partial charge in [0.2, 0.25) is 0 Å². The lowest BCUT2D eigenvalue weighted by atomic mass is 9.75. The predicted molar refractivity (Wildman–Crippen MR) is 138 cm³/mol. The molecular formula is C31H41F3O2. The summed E-state index contributed by atoms with van der Waals surface area (Å²) in [6.07, 6.45) is 4.45. The highest BCUT2D eigenvalue weighted by atomic mass is 19.3. The van der Waals surface area contributed by atoms with Crippen LogP contribution in [0, 0.1) is 25.6 Å². The van der Waals surface area contributed by atoms with Crippen molar-refractivity contribution in [2.24, 2.45) is 5.92 Å². The Morgan fingerprint density at radius 3 is 2.22 bits per heavy atom. The lowest BCUT2D eigenvalue weighted by Gasteiger charge is -2.34. The number of unbranched alkanes of at least 4 members (excludes halogenated alkanes) is 2. The summed E-state index contributed by atoms with van der Waals surface area (Å²) in [6.45, 7) is 6.24. The van der Waals surface area contributed by atoms with Crippen LogP contribution in [0.1, 0.15) is 105 Å². The lowest BCUT2D eigenvalue weighted by molar-refractivity contribution is -0.265. The van der Waals surface area contributed by atoms with Crippen molar-refractivity contribution in [3.63, 3.8) is 0 Å². The molecule has 5 heteroatoms. The van der Waals surface area contributed by atoms with Crippen LogP contribution in [0.25, 0.3) is 0 Å². The second-order valence-electron chi connectivity index (χ2n) is 11.0. The molecule has 4 rings (SSSR count). The average molecular weight is 503 g/mol. The highest BCUT2D eigenvalue weighted by Crippen LogP contribution is 2.43. The number of alkyl halides is 2. The molecule has 1 aliphatic carbocycles. The first-order valence-electron chi connectivity index (χ1n) is 13.8. The number of hydrogen-bond donors (Lipinski definition) is 0. The van der Waals surface area contributed by atoms with E-state index in [0.717, 1.165) is 56.9 Å². The number of rotatable bonds is 9. The Hall–Kier alpha value is -2.01. The molecule has 1 saturated carbocycles. The Morgan fingerprint density at radius 1 is 0.889 bits per heavy atom. The van der Waals surface area contributed by atoms with Gasteiger partial charge in [-0.1, -0.05) is 62.1 Å². The quantitative estimate of drug-likeness (QED) is 0.318. The monoisotopic (exact) mass is 502 g/mol. The Bertz CT molecular complexity index is 972. The minimum atomic E-state index is -3.56. The molecule has 0 radical (unpaired) electrons. The maximum Gasteiger partial charge on any atom is 0.424 e. The van der Waals surface area contributed by atoms with Crippen molar-refractivity contribution >= 4 is 0 Å². The number of benzene rings is 2. The number of aryl methyl sites for hydroxylation is 1. The van der Waals surface area contributed by atoms with Crippen molar-refractivity contribution in [2.75, 3.05) is 6.61 Å². The molecule has 1 heterocycles. The molecule has 2 fully saturated rings. The summed E-state index contributed by atoms with van der Waals surface area (Å²) in [4.78, 5) is 0. The van der Waals surface area contributed by atoms with Crippen LogP contribution in [0.15, 0.2) is 36.4 Å². The van der Waals surface area contributed by atoms with Gasteiger partial charge >= 0.3 is 6.11 Å². The van der Waals surface area contributed by atoms with E-state index in [9.17, 15) is 8.78 Å². The van der Waals surface area contributed by atoms with Crippen molar-refractivity contribution in [2.45, 2.75) is 109 Å². The van der Waals surface area contributed by atoms with Crippen LogP contribution < -0.4 is 4.74 Å². The van der Waals surface area contributed by atoms with E-state index in [-0.39, 0.29) is 18.1 Å². The van der Waals surface area contributed by atoms with E-state index in [1.165, 1.54) is 17.2 Å². The molecule has 0 spiro atoms. The molecule has 0 bridgehead atoms. The number of hydrogen-bond acceptors (Lipinski definition) is 2. The standard InChI is InChI=1S/C31H41F3O2/c1-4-5-6-7-23-10-19-29(35-20-23)31(33,34)36-28-18-17-27(22(3)30(28)32)26-15-13-25(14-16-26)24-11-8-21(2)9-12-24/h8-9,11-12,17-18,23,25-26,29H,4-7,10,13-16,19-20H2,1-3H3. The van der Waals surface area contributed by atoms with E-state index in [1.54, 1.807) is 13.0 Å². The Balaban J connectivity index is 1.34. The average Bonchev–Trinajstić information content (AvgIpc) is 2.88. The lowest BCUT2D eigenvalue weighted by Crippen LogP contribution is -2.44. The summed E-state index contributed by atoms with van der Waals surface area (Å²) < 4.78 is 55.5. The van der Waals surface area contributed by atoms with Crippen LogP contribution in [-0.2, 0) is 4.74 Å². The third-order valence-corrected chi connectivity index (χ3v) is 8.32. The van der Waals surface area contributed by atoms with E-state index in [0.29, 0.717) is 30.4 Å². The first kappa shape index (κ1) is 27.0. The molecule has 1 saturated heterocycles. The molecule has 2 nitrogen and oxygen atoms in total. The van der Waals surface area contributed by atoms with E-state index < -0.39 is 18.0 Å². The largest absolute Gasteiger partial charge is 0.427 e. The summed E-state index contributed by atoms with van der Waals surface area (Å²) in [6, 6.07) is 11.9. The highest BCUT2D eigenvalue weighted by Gasteiger charge is 2.46. The maximum absolute atomic E-state index is 15.2. The first-order chi connectivity index (χ1) is 17.3. The fraction of sp³-hybridized carbons (Fsp3) is 0.613. The van der Waals surface area contributed by atoms with Gasteiger partial charge in [-0.2, -0.15) is 8.78 Å². The molecule has 198 valence electrons. The van der Waals surface area contributed by atoms with E-state index in [4.69, 9.17) is 9.47 Å². The predicted octanol–water partition coefficient (Wildman–Crippen LogP) is 9.23. The highest BCUT2D eigenvalue weighted by molar-refractivity contribution is 5.39. The molecule has 2 unspecified atom stereocenters. The zero-order valence-corrected chi connectivity index (χ0v) is 22.0. The number of halogens is 3. The smallest absolute Gasteiger partial charge is 0.424 e. The molecule has 2 aromatic rings. The normalized spacial score (nSPS) is 25.1. The minimum Gasteiger partial charge on any atom is -0.427 e. The SMILES string of the molecule is CCCCCC1CCC(C(F)(F)Oc2ccc(C3CCC(c4ccc(C)cc4)CC3)c(C)c2F)OC1. The van der Waals surface area contributed by atoms with Gasteiger partial charge in [-0.05, 0) is 99.3 Å². The summed E-state index contributed by atoms with van der Waals surface area (Å²) in [5.41, 5.74) is 3.95. The summed E-state index contributed by atoms with van der Waals surface area (Å²) in [7, 11) is 0. The zero-order valence-electron chi connectivity index (χ0n) is 22.0. The van der Waals surface area contributed by atoms with Gasteiger partial charge in [0.1, 0.15) is 0 Å². The van der Waals surface area contributed by atoms with Gasteiger partial charge in [0.15, 0.2) is 17.7 Å². The van der Waals surface area contributed by atoms with Crippen LogP contribution in [0.3, 0.4) is 0 Å². The zero-order chi connectivity index (χ0) is 25.7. The molecule has 2 aliphatic rings. The Labute approximate surface area is 214 Å². The molecule has 36 heavy (non-hydrogen) atoms. The molecular weight excluding hydrogens is 461 g/mol. The van der Waals surface area contributed by atoms with Gasteiger partial charge in [0.25, 0.3) is 0 Å². The molecule has 2 atom stereocenters. The number of ether oxygens (including phenoxy) is 2. The van der Waals surface area contributed by atoms with E-state index in [1.807, 2.05) is 0 Å². The molecule has 0 amide bonds. The minimum absolute atomic E-state index is 0.229. The van der Waals surface area contributed by atoms with Crippen LogP contribution in [0.4, 0.5) is 13.2 Å². The molecule has 2 aromatic carbocycles. The van der Waals surface area contributed by atoms with Gasteiger partial charge in [-0.25, -0.2) is 4.39 Å². The van der Waals surface area contributed by atoms with Crippen LogP contribution in [0.2, 0.25) is 0 Å². The second-order valence-corrected chi connectivity index (χ2v) is 11.0. The van der Waals surface area contributed by atoms with Gasteiger partial charge in [0.05, 0.1) is 6.61 Å². The van der Waals surface area contributed by atoms with E-state index >= 15 is 4.39 Å². The van der Waals surface area contributed by atoms with E-state index in [2.05, 4.69) is 38.1 Å². The van der Waals surface area contributed by atoms with Crippen molar-refractivity contribution < 1.29 is 22.6 Å². The van der Waals surface area contributed by atoms with Crippen LogP contribution in [0.5, 0.6) is 5.75 Å². The molecule has 0 aromatic heterocycles. The van der Waals surface area contributed by atoms with Crippen LogP contribution >= 0.6 is 0 Å². The molecule has 1 aliphatic heterocycles. The summed E-state index contributed by atoms with van der Waals surface area (Å²) in [5, 5.41) is 0. The Kier molecular flexibility index (Phi) is 9.03. The Morgan fingerprint density at radius 2 is 1.58 bits per heavy atom. The first-order valence-corrected chi connectivity index (χ1v) is 13.8. The summed E-state index contributed by atoms with van der Waals surface area (Å²) in [5.74, 6) is 0.0180. The van der Waals surface area contributed by atoms with Gasteiger partial charge < -0.3 is 9.47 Å². The fourth-order valence-electron chi connectivity index (χ4n) is 5.97. The van der Waals surface area contributed by atoms with Crippen LogP contribution in [-0.4, -0.2) is 18.8 Å². The maximum atomic E-state index is 15.2. The van der Waals surface area contributed by atoms with Crippen molar-refractivity contribution in [1.29, 1.82) is 0 Å². The third kappa shape index (κ3) is 6.45. The van der Waals surface area contributed by atoms with Crippen molar-refractivity contribution in [1.82, 2.24) is 0 Å². The van der Waals surface area contributed by atoms with Crippen molar-refractivity contribution in [3.05, 3.63) is 64.5 Å². The van der Waals surface area contributed by atoms with Gasteiger partial charge in [0, 0.05) is 0 Å². The third-order valence-electron chi connectivity index (χ3n) is 8.32. The van der Waals surface area contributed by atoms with Crippen molar-refractivity contribution in [3.8, 4) is 5.75 Å². The van der Waals surface area contributed by atoms with Gasteiger partial charge in [-0.3, -0.25) is 0 Å². The summed E-state index contributed by atoms with van der Waals surface area (Å²) >= 11 is 0. The topological polar surface area (TPSA) is 18.5 Å². The fourth-order valence-corrected chi connectivity index (χ4v) is 5.97. The van der Waals surface area contributed by atoms with Gasteiger partial charge in [-0.15, -0.1) is 0 Å². The molecule has 0 N–H and O–H groups in total. The second kappa shape index (κ2) is 12.0.